The Morgan fingerprint density at radius 2 is 1.59 bits per heavy atom. The maximum atomic E-state index is 11.3. The van der Waals surface area contributed by atoms with Crippen molar-refractivity contribution < 1.29 is 9.90 Å². The molecule has 8 nitrogen and oxygen atoms in total. The van der Waals surface area contributed by atoms with Crippen LogP contribution in [-0.2, 0) is 11.3 Å². The molecule has 1 aromatic heterocycles. The summed E-state index contributed by atoms with van der Waals surface area (Å²) in [5, 5.41) is 37.9. The number of nitrogens with one attached hydrogen (secondary N) is 3. The van der Waals surface area contributed by atoms with Crippen molar-refractivity contribution in [2.75, 3.05) is 29.1 Å². The Bertz CT molecular complexity index is 1180. The molecule has 0 unspecified atom stereocenters. The summed E-state index contributed by atoms with van der Waals surface area (Å²) in [7, 11) is 0. The number of hydrogen-bond acceptors (Lipinski definition) is 7. The van der Waals surface area contributed by atoms with Crippen molar-refractivity contribution in [1.82, 2.24) is 4.98 Å². The van der Waals surface area contributed by atoms with Gasteiger partial charge in [-0.25, -0.2) is 4.98 Å². The van der Waals surface area contributed by atoms with Gasteiger partial charge in [0.25, 0.3) is 0 Å². The molecule has 1 heterocycles. The van der Waals surface area contributed by atoms with Crippen LogP contribution in [0.1, 0.15) is 23.6 Å². The number of rotatable bonds is 8. The molecule has 0 saturated carbocycles. The fraction of sp³-hybridized carbons (Fsp3) is 0.167. The number of pyridine rings is 1. The molecule has 0 aliphatic carbocycles. The molecule has 160 valence electrons. The minimum atomic E-state index is -0.194. The Labute approximate surface area is 186 Å². The lowest BCUT2D eigenvalue weighted by Crippen LogP contribution is -2.13. The van der Waals surface area contributed by atoms with Crippen LogP contribution in [0.15, 0.2) is 54.6 Å². The first kappa shape index (κ1) is 22.3. The Hall–Kier alpha value is -4.40. The average molecular weight is 426 g/mol. The van der Waals surface area contributed by atoms with Gasteiger partial charge in [0.15, 0.2) is 0 Å². The van der Waals surface area contributed by atoms with E-state index in [0.717, 1.165) is 5.56 Å². The summed E-state index contributed by atoms with van der Waals surface area (Å²) in [5.41, 5.74) is 3.11. The van der Waals surface area contributed by atoms with Crippen molar-refractivity contribution in [3.05, 3.63) is 71.3 Å². The van der Waals surface area contributed by atoms with Gasteiger partial charge in [0.2, 0.25) is 5.91 Å². The number of aromatic nitrogens is 1. The Morgan fingerprint density at radius 3 is 2.16 bits per heavy atom. The van der Waals surface area contributed by atoms with Crippen LogP contribution < -0.4 is 16.0 Å². The first-order valence-corrected chi connectivity index (χ1v) is 9.96. The molecular formula is C24H22N6O2. The molecule has 3 aromatic rings. The normalized spacial score (nSPS) is 10.0. The average Bonchev–Trinajstić information content (AvgIpc) is 2.81. The molecule has 8 heteroatoms. The van der Waals surface area contributed by atoms with E-state index in [0.29, 0.717) is 29.2 Å². The molecule has 0 radical (unpaired) electrons. The van der Waals surface area contributed by atoms with Crippen LogP contribution in [0.3, 0.4) is 0 Å². The SMILES string of the molecule is CC(=O)Nc1ccc(-c2c(C#N)c(NCCO)nc(NCc3ccccc3)c2C#N)cc1. The van der Waals surface area contributed by atoms with Crippen LogP contribution in [0.25, 0.3) is 11.1 Å². The summed E-state index contributed by atoms with van der Waals surface area (Å²) >= 11 is 0. The Morgan fingerprint density at radius 1 is 0.969 bits per heavy atom. The van der Waals surface area contributed by atoms with Gasteiger partial charge in [-0.1, -0.05) is 42.5 Å². The molecule has 4 N–H and O–H groups in total. The van der Waals surface area contributed by atoms with E-state index in [4.69, 9.17) is 0 Å². The number of hydrogen-bond donors (Lipinski definition) is 4. The lowest BCUT2D eigenvalue weighted by Gasteiger charge is -2.17. The number of benzene rings is 2. The van der Waals surface area contributed by atoms with Crippen LogP contribution in [0.4, 0.5) is 17.3 Å². The van der Waals surface area contributed by atoms with Crippen molar-refractivity contribution >= 4 is 23.2 Å². The number of carbonyl (C=O) groups is 1. The number of aliphatic hydroxyl groups is 1. The van der Waals surface area contributed by atoms with Gasteiger partial charge in [0.05, 0.1) is 6.61 Å². The number of anilines is 3. The number of nitriles is 2. The van der Waals surface area contributed by atoms with Gasteiger partial charge >= 0.3 is 0 Å². The zero-order chi connectivity index (χ0) is 22.9. The highest BCUT2D eigenvalue weighted by molar-refractivity contribution is 5.90. The first-order valence-electron chi connectivity index (χ1n) is 9.96. The highest BCUT2D eigenvalue weighted by atomic mass is 16.3. The molecule has 0 aliphatic heterocycles. The summed E-state index contributed by atoms with van der Waals surface area (Å²) < 4.78 is 0. The predicted octanol–water partition coefficient (Wildman–Crippen LogP) is 3.47. The second-order valence-corrected chi connectivity index (χ2v) is 6.91. The van der Waals surface area contributed by atoms with E-state index in [-0.39, 0.29) is 36.0 Å². The number of amides is 1. The molecule has 0 bridgehead atoms. The van der Waals surface area contributed by atoms with Gasteiger partial charge in [0, 0.05) is 31.3 Å². The van der Waals surface area contributed by atoms with Crippen LogP contribution in [0.2, 0.25) is 0 Å². The lowest BCUT2D eigenvalue weighted by molar-refractivity contribution is -0.114. The molecule has 0 aliphatic rings. The van der Waals surface area contributed by atoms with Crippen molar-refractivity contribution in [2.24, 2.45) is 0 Å². The van der Waals surface area contributed by atoms with Gasteiger partial charge in [-0.15, -0.1) is 0 Å². The fourth-order valence-electron chi connectivity index (χ4n) is 3.23. The molecule has 32 heavy (non-hydrogen) atoms. The van der Waals surface area contributed by atoms with Gasteiger partial charge in [0.1, 0.15) is 34.9 Å². The van der Waals surface area contributed by atoms with Crippen molar-refractivity contribution in [3.8, 4) is 23.3 Å². The van der Waals surface area contributed by atoms with E-state index in [9.17, 15) is 20.4 Å². The molecule has 1 amide bonds. The van der Waals surface area contributed by atoms with E-state index in [1.165, 1.54) is 6.92 Å². The monoisotopic (exact) mass is 426 g/mol. The number of carbonyl (C=O) groups excluding carboxylic acids is 1. The molecule has 3 rings (SSSR count). The largest absolute Gasteiger partial charge is 0.395 e. The predicted molar refractivity (Wildman–Crippen MR) is 123 cm³/mol. The van der Waals surface area contributed by atoms with Gasteiger partial charge in [-0.05, 0) is 23.3 Å². The highest BCUT2D eigenvalue weighted by Gasteiger charge is 2.21. The van der Waals surface area contributed by atoms with E-state index < -0.39 is 0 Å². The van der Waals surface area contributed by atoms with E-state index in [2.05, 4.69) is 33.1 Å². The zero-order valence-corrected chi connectivity index (χ0v) is 17.5. The standard InChI is InChI=1S/C24H22N6O2/c1-16(32)29-19-9-7-18(8-10-19)22-20(13-25)23(27-11-12-31)30-24(21(22)14-26)28-15-17-5-3-2-4-6-17/h2-10,31H,11-12,15H2,1H3,(H,29,32)(H2,27,28,30). The Balaban J connectivity index is 2.11. The molecule has 2 aromatic carbocycles. The van der Waals surface area contributed by atoms with Gasteiger partial charge in [-0.3, -0.25) is 4.79 Å². The second kappa shape index (κ2) is 10.6. The third kappa shape index (κ3) is 5.20. The maximum absolute atomic E-state index is 11.3. The third-order valence-electron chi connectivity index (χ3n) is 4.62. The minimum absolute atomic E-state index is 0.139. The Kier molecular flexibility index (Phi) is 7.37. The lowest BCUT2D eigenvalue weighted by atomic mass is 9.95. The summed E-state index contributed by atoms with van der Waals surface area (Å²) in [6.45, 7) is 1.92. The van der Waals surface area contributed by atoms with Gasteiger partial charge in [-0.2, -0.15) is 10.5 Å². The van der Waals surface area contributed by atoms with Crippen LogP contribution in [0.5, 0.6) is 0 Å². The van der Waals surface area contributed by atoms with Crippen molar-refractivity contribution in [2.45, 2.75) is 13.5 Å². The zero-order valence-electron chi connectivity index (χ0n) is 17.5. The fourth-order valence-corrected chi connectivity index (χ4v) is 3.23. The maximum Gasteiger partial charge on any atom is 0.221 e. The van der Waals surface area contributed by atoms with Gasteiger partial charge < -0.3 is 21.1 Å². The molecule has 0 fully saturated rings. The van der Waals surface area contributed by atoms with E-state index in [1.54, 1.807) is 24.3 Å². The van der Waals surface area contributed by atoms with Crippen LogP contribution >= 0.6 is 0 Å². The summed E-state index contributed by atoms with van der Waals surface area (Å²) in [6.07, 6.45) is 0. The van der Waals surface area contributed by atoms with E-state index in [1.807, 2.05) is 30.3 Å². The van der Waals surface area contributed by atoms with E-state index >= 15 is 0 Å². The number of aliphatic hydroxyl groups excluding tert-OH is 1. The van der Waals surface area contributed by atoms with Crippen LogP contribution in [-0.4, -0.2) is 29.1 Å². The van der Waals surface area contributed by atoms with Crippen molar-refractivity contribution in [1.29, 1.82) is 10.5 Å². The highest BCUT2D eigenvalue weighted by Crippen LogP contribution is 2.35. The molecule has 0 spiro atoms. The summed E-state index contributed by atoms with van der Waals surface area (Å²) in [5.74, 6) is 0.411. The topological polar surface area (TPSA) is 134 Å². The van der Waals surface area contributed by atoms with Crippen molar-refractivity contribution in [3.63, 3.8) is 0 Å². The first-order chi connectivity index (χ1) is 15.6. The smallest absolute Gasteiger partial charge is 0.221 e. The molecule has 0 saturated heterocycles. The molecule has 0 atom stereocenters. The second-order valence-electron chi connectivity index (χ2n) is 6.91. The minimum Gasteiger partial charge on any atom is -0.395 e. The summed E-state index contributed by atoms with van der Waals surface area (Å²) in [6, 6.07) is 20.9. The quantitative estimate of drug-likeness (QED) is 0.433. The third-order valence-corrected chi connectivity index (χ3v) is 4.62. The van der Waals surface area contributed by atoms with Crippen LogP contribution in [0, 0.1) is 22.7 Å². The summed E-state index contributed by atoms with van der Waals surface area (Å²) in [4.78, 5) is 15.8. The molecular weight excluding hydrogens is 404 g/mol. The number of nitrogens with zero attached hydrogens (tertiary/aromatic N) is 3.